The Morgan fingerprint density at radius 3 is 2.33 bits per heavy atom. The van der Waals surface area contributed by atoms with Gasteiger partial charge in [-0.2, -0.15) is 0 Å². The number of thioether (sulfide) groups is 1. The van der Waals surface area contributed by atoms with Crippen LogP contribution in [-0.4, -0.2) is 24.3 Å². The van der Waals surface area contributed by atoms with Gasteiger partial charge in [-0.05, 0) is 25.0 Å². The number of halogens is 2. The molecule has 1 heterocycles. The third kappa shape index (κ3) is 3.00. The number of benzene rings is 1. The first-order chi connectivity index (χ1) is 8.58. The molecule has 6 heteroatoms. The molecule has 1 aromatic carbocycles. The molecule has 0 aliphatic carbocycles. The molecule has 0 atom stereocenters. The first-order valence-corrected chi connectivity index (χ1v) is 6.53. The highest BCUT2D eigenvalue weighted by Crippen LogP contribution is 2.33. The van der Waals surface area contributed by atoms with Crippen molar-refractivity contribution in [1.29, 1.82) is 5.41 Å². The molecule has 1 aromatic rings. The summed E-state index contributed by atoms with van der Waals surface area (Å²) in [5.41, 5.74) is 5.28. The van der Waals surface area contributed by atoms with Crippen molar-refractivity contribution in [3.63, 3.8) is 0 Å². The molecule has 1 aliphatic rings. The van der Waals surface area contributed by atoms with Crippen molar-refractivity contribution in [2.45, 2.75) is 23.0 Å². The summed E-state index contributed by atoms with van der Waals surface area (Å²) in [6.07, 6.45) is 1.58. The number of ether oxygens (including phenoxy) is 1. The van der Waals surface area contributed by atoms with Gasteiger partial charge in [-0.1, -0.05) is 0 Å². The zero-order valence-electron chi connectivity index (χ0n) is 9.71. The fraction of sp³-hybridized carbons (Fsp3) is 0.417. The maximum atomic E-state index is 13.8. The molecule has 0 amide bonds. The van der Waals surface area contributed by atoms with Gasteiger partial charge in [0, 0.05) is 24.0 Å². The topological polar surface area (TPSA) is 59.1 Å². The molecule has 0 bridgehead atoms. The van der Waals surface area contributed by atoms with E-state index >= 15 is 0 Å². The van der Waals surface area contributed by atoms with E-state index in [1.807, 2.05) is 0 Å². The number of nitrogens with two attached hydrogens (primary N) is 1. The second-order valence-electron chi connectivity index (χ2n) is 4.11. The van der Waals surface area contributed by atoms with Crippen LogP contribution in [0.4, 0.5) is 8.78 Å². The van der Waals surface area contributed by atoms with E-state index in [1.165, 1.54) is 11.8 Å². The predicted molar refractivity (Wildman–Crippen MR) is 67.1 cm³/mol. The summed E-state index contributed by atoms with van der Waals surface area (Å²) in [5.74, 6) is -1.65. The van der Waals surface area contributed by atoms with Gasteiger partial charge in [0.25, 0.3) is 0 Å². The lowest BCUT2D eigenvalue weighted by molar-refractivity contribution is 0.1000. The van der Waals surface area contributed by atoms with E-state index in [1.54, 1.807) is 0 Å². The molecular formula is C12H14F2N2OS. The average molecular weight is 272 g/mol. The van der Waals surface area contributed by atoms with Crippen molar-refractivity contribution in [1.82, 2.24) is 0 Å². The number of hydrogen-bond donors (Lipinski definition) is 2. The summed E-state index contributed by atoms with van der Waals surface area (Å²) in [6, 6.07) is 2.21. The molecule has 3 N–H and O–H groups in total. The molecule has 0 unspecified atom stereocenters. The lowest BCUT2D eigenvalue weighted by atomic mass is 10.2. The number of nitrogen functional groups attached to an aromatic ring is 1. The van der Waals surface area contributed by atoms with Crippen LogP contribution in [0, 0.1) is 17.0 Å². The highest BCUT2D eigenvalue weighted by molar-refractivity contribution is 8.00. The highest BCUT2D eigenvalue weighted by Gasteiger charge is 2.20. The Bertz CT molecular complexity index is 438. The smallest absolute Gasteiger partial charge is 0.140 e. The quantitative estimate of drug-likeness (QED) is 0.656. The highest BCUT2D eigenvalue weighted by atomic mass is 32.2. The molecule has 1 saturated heterocycles. The van der Waals surface area contributed by atoms with Crippen LogP contribution in [0.1, 0.15) is 18.4 Å². The Morgan fingerprint density at radius 1 is 1.28 bits per heavy atom. The van der Waals surface area contributed by atoms with E-state index in [0.29, 0.717) is 13.2 Å². The van der Waals surface area contributed by atoms with E-state index in [4.69, 9.17) is 15.9 Å². The van der Waals surface area contributed by atoms with Gasteiger partial charge in [0.2, 0.25) is 0 Å². The van der Waals surface area contributed by atoms with Crippen LogP contribution in [-0.2, 0) is 4.74 Å². The fourth-order valence-corrected chi connectivity index (χ4v) is 2.89. The minimum Gasteiger partial charge on any atom is -0.384 e. The maximum absolute atomic E-state index is 13.8. The van der Waals surface area contributed by atoms with Crippen LogP contribution in [0.3, 0.4) is 0 Å². The molecule has 0 saturated carbocycles. The van der Waals surface area contributed by atoms with Crippen molar-refractivity contribution in [3.8, 4) is 0 Å². The summed E-state index contributed by atoms with van der Waals surface area (Å²) in [5, 5.41) is 7.35. The summed E-state index contributed by atoms with van der Waals surface area (Å²) in [7, 11) is 0. The minimum atomic E-state index is -0.656. The zero-order valence-corrected chi connectivity index (χ0v) is 10.5. The van der Waals surface area contributed by atoms with Gasteiger partial charge < -0.3 is 10.5 Å². The standard InChI is InChI=1S/C12H14F2N2OS/c13-9-5-7(12(15)16)6-10(14)11(9)18-8-1-3-17-4-2-8/h5-6,8H,1-4H2,(H3,15,16). The molecule has 98 valence electrons. The van der Waals surface area contributed by atoms with Crippen LogP contribution in [0.5, 0.6) is 0 Å². The van der Waals surface area contributed by atoms with Gasteiger partial charge in [-0.3, -0.25) is 5.41 Å². The minimum absolute atomic E-state index is 0.00639. The van der Waals surface area contributed by atoms with E-state index < -0.39 is 11.6 Å². The van der Waals surface area contributed by atoms with Crippen molar-refractivity contribution in [2.24, 2.45) is 5.73 Å². The van der Waals surface area contributed by atoms with Crippen LogP contribution in [0.2, 0.25) is 0 Å². The third-order valence-corrected chi connectivity index (χ3v) is 4.19. The van der Waals surface area contributed by atoms with E-state index in [2.05, 4.69) is 0 Å². The predicted octanol–water partition coefficient (Wildman–Crippen LogP) is 2.52. The second-order valence-corrected chi connectivity index (χ2v) is 5.42. The molecule has 0 aromatic heterocycles. The largest absolute Gasteiger partial charge is 0.384 e. The van der Waals surface area contributed by atoms with E-state index in [0.717, 1.165) is 25.0 Å². The van der Waals surface area contributed by atoms with Crippen LogP contribution >= 0.6 is 11.8 Å². The lowest BCUT2D eigenvalue weighted by Gasteiger charge is -2.21. The van der Waals surface area contributed by atoms with Crippen molar-refractivity contribution in [3.05, 3.63) is 29.3 Å². The average Bonchev–Trinajstić information content (AvgIpc) is 2.34. The Hall–Kier alpha value is -1.14. The van der Waals surface area contributed by atoms with Crippen LogP contribution < -0.4 is 5.73 Å². The monoisotopic (exact) mass is 272 g/mol. The Morgan fingerprint density at radius 2 is 1.83 bits per heavy atom. The molecule has 3 nitrogen and oxygen atoms in total. The molecule has 1 fully saturated rings. The molecule has 0 radical (unpaired) electrons. The van der Waals surface area contributed by atoms with Gasteiger partial charge in [0.1, 0.15) is 17.5 Å². The first kappa shape index (κ1) is 13.3. The summed E-state index contributed by atoms with van der Waals surface area (Å²) in [4.78, 5) is 0.00639. The van der Waals surface area contributed by atoms with Gasteiger partial charge in [-0.25, -0.2) is 8.78 Å². The molecule has 2 rings (SSSR count). The van der Waals surface area contributed by atoms with Crippen molar-refractivity contribution < 1.29 is 13.5 Å². The van der Waals surface area contributed by atoms with Crippen molar-refractivity contribution in [2.75, 3.05) is 13.2 Å². The molecule has 0 spiro atoms. The van der Waals surface area contributed by atoms with Crippen LogP contribution in [0.25, 0.3) is 0 Å². The number of hydrogen-bond acceptors (Lipinski definition) is 3. The summed E-state index contributed by atoms with van der Waals surface area (Å²) < 4.78 is 32.8. The number of rotatable bonds is 3. The van der Waals surface area contributed by atoms with Crippen LogP contribution in [0.15, 0.2) is 17.0 Å². The first-order valence-electron chi connectivity index (χ1n) is 5.66. The maximum Gasteiger partial charge on any atom is 0.140 e. The van der Waals surface area contributed by atoms with E-state index in [9.17, 15) is 8.78 Å². The van der Waals surface area contributed by atoms with Crippen molar-refractivity contribution >= 4 is 17.6 Å². The Labute approximate surface area is 108 Å². The van der Waals surface area contributed by atoms with Gasteiger partial charge in [0.05, 0.1) is 4.90 Å². The Balaban J connectivity index is 2.19. The van der Waals surface area contributed by atoms with Gasteiger partial charge in [0.15, 0.2) is 0 Å². The third-order valence-electron chi connectivity index (χ3n) is 2.76. The van der Waals surface area contributed by atoms with Gasteiger partial charge >= 0.3 is 0 Å². The molecule has 1 aliphatic heterocycles. The van der Waals surface area contributed by atoms with Gasteiger partial charge in [-0.15, -0.1) is 11.8 Å². The normalized spacial score (nSPS) is 16.8. The fourth-order valence-electron chi connectivity index (χ4n) is 1.79. The zero-order chi connectivity index (χ0) is 13.1. The second kappa shape index (κ2) is 5.67. The number of amidine groups is 1. The lowest BCUT2D eigenvalue weighted by Crippen LogP contribution is -2.18. The SMILES string of the molecule is N=C(N)c1cc(F)c(SC2CCOCC2)c(F)c1. The summed E-state index contributed by atoms with van der Waals surface area (Å²) >= 11 is 1.20. The Kier molecular flexibility index (Phi) is 4.19. The molecule has 18 heavy (non-hydrogen) atoms. The molecular weight excluding hydrogens is 258 g/mol. The van der Waals surface area contributed by atoms with E-state index in [-0.39, 0.29) is 21.5 Å². The summed E-state index contributed by atoms with van der Waals surface area (Å²) in [6.45, 7) is 1.26. The number of nitrogens with one attached hydrogen (secondary N) is 1.